The predicted octanol–water partition coefficient (Wildman–Crippen LogP) is 5.75. The van der Waals surface area contributed by atoms with E-state index in [9.17, 15) is 18.3 Å². The van der Waals surface area contributed by atoms with Gasteiger partial charge in [-0.2, -0.15) is 0 Å². The van der Waals surface area contributed by atoms with Crippen molar-refractivity contribution in [2.45, 2.75) is 33.2 Å². The molecule has 5 rings (SSSR count). The highest BCUT2D eigenvalue weighted by Crippen LogP contribution is 2.52. The summed E-state index contributed by atoms with van der Waals surface area (Å²) < 4.78 is 49.6. The van der Waals surface area contributed by atoms with E-state index in [1.165, 1.54) is 41.4 Å². The van der Waals surface area contributed by atoms with Crippen LogP contribution in [0.1, 0.15) is 49.3 Å². The van der Waals surface area contributed by atoms with Gasteiger partial charge in [0.15, 0.2) is 9.84 Å². The van der Waals surface area contributed by atoms with Gasteiger partial charge in [0.1, 0.15) is 41.3 Å². The molecule has 0 bridgehead atoms. The van der Waals surface area contributed by atoms with Crippen molar-refractivity contribution in [2.24, 2.45) is 5.41 Å². The topological polar surface area (TPSA) is 109 Å². The van der Waals surface area contributed by atoms with Crippen LogP contribution in [0, 0.1) is 11.2 Å². The first-order valence-corrected chi connectivity index (χ1v) is 14.4. The molecule has 0 saturated heterocycles. The first-order chi connectivity index (χ1) is 18.9. The lowest BCUT2D eigenvalue weighted by molar-refractivity contribution is 0.0975. The smallest absolute Gasteiger partial charge is 0.277 e. The van der Waals surface area contributed by atoms with Gasteiger partial charge in [-0.25, -0.2) is 12.8 Å². The number of para-hydroxylation sites is 1. The minimum atomic E-state index is -4.03. The number of phenolic OH excluding ortho intramolecular Hbond substituents is 1. The number of anilines is 2. The van der Waals surface area contributed by atoms with Crippen molar-refractivity contribution in [1.82, 2.24) is 4.98 Å². The molecule has 1 atom stereocenters. The summed E-state index contributed by atoms with van der Waals surface area (Å²) in [5, 5.41) is 14.0. The van der Waals surface area contributed by atoms with Crippen LogP contribution in [-0.2, 0) is 9.84 Å². The minimum absolute atomic E-state index is 0.0289. The molecule has 10 heteroatoms. The zero-order valence-electron chi connectivity index (χ0n) is 22.4. The number of ether oxygens (including phenoxy) is 1. The maximum atomic E-state index is 16.0. The highest BCUT2D eigenvalue weighted by atomic mass is 32.2. The quantitative estimate of drug-likeness (QED) is 0.301. The molecule has 0 aliphatic carbocycles. The number of phenols is 1. The molecule has 208 valence electrons. The van der Waals surface area contributed by atoms with E-state index in [-0.39, 0.29) is 51.4 Å². The van der Waals surface area contributed by atoms with Gasteiger partial charge in [0.25, 0.3) is 5.91 Å². The number of allylic oxidation sites excluding steroid dienone is 1. The number of amides is 1. The van der Waals surface area contributed by atoms with Crippen molar-refractivity contribution < 1.29 is 27.4 Å². The Balaban J connectivity index is 1.81. The average Bonchev–Trinajstić information content (AvgIpc) is 3.02. The summed E-state index contributed by atoms with van der Waals surface area (Å²) in [4.78, 5) is 19.4. The Kier molecular flexibility index (Phi) is 6.91. The standard InChI is InChI=1S/C30H30FN3O5S/c1-18(2)16-39-19-11-12-20(21(31)14-19)27-28-23(15-30(3,4)17-40(28,37)38)33-26-24(9-7-10-25(26)35)34(27)29(36)22-8-5-6-13-32-22/h5-14,27,33,35H,1,15-17H2,2-4H3. The Morgan fingerprint density at radius 3 is 2.67 bits per heavy atom. The van der Waals surface area contributed by atoms with Gasteiger partial charge in [-0.1, -0.05) is 32.6 Å². The lowest BCUT2D eigenvalue weighted by Crippen LogP contribution is -2.41. The fraction of sp³-hybridized carbons (Fsp3) is 0.267. The first-order valence-electron chi connectivity index (χ1n) is 12.7. The predicted molar refractivity (Wildman–Crippen MR) is 151 cm³/mol. The van der Waals surface area contributed by atoms with Crippen molar-refractivity contribution >= 4 is 27.1 Å². The molecule has 1 aromatic heterocycles. The van der Waals surface area contributed by atoms with Crippen LogP contribution in [-0.4, -0.2) is 36.8 Å². The number of benzene rings is 2. The van der Waals surface area contributed by atoms with Crippen LogP contribution < -0.4 is 15.0 Å². The Bertz CT molecular complexity index is 1650. The molecule has 0 radical (unpaired) electrons. The summed E-state index contributed by atoms with van der Waals surface area (Å²) in [5.41, 5.74) is 0.707. The largest absolute Gasteiger partial charge is 0.506 e. The van der Waals surface area contributed by atoms with E-state index in [2.05, 4.69) is 16.9 Å². The maximum absolute atomic E-state index is 16.0. The number of sulfone groups is 1. The van der Waals surface area contributed by atoms with Crippen LogP contribution in [0.4, 0.5) is 15.8 Å². The van der Waals surface area contributed by atoms with Crippen LogP contribution in [0.25, 0.3) is 0 Å². The Morgan fingerprint density at radius 2 is 2.00 bits per heavy atom. The van der Waals surface area contributed by atoms with E-state index in [0.717, 1.165) is 5.57 Å². The molecule has 8 nitrogen and oxygen atoms in total. The number of carbonyl (C=O) groups is 1. The van der Waals surface area contributed by atoms with E-state index in [0.29, 0.717) is 12.1 Å². The van der Waals surface area contributed by atoms with Crippen LogP contribution in [0.15, 0.2) is 83.5 Å². The number of hydrogen-bond donors (Lipinski definition) is 2. The summed E-state index contributed by atoms with van der Waals surface area (Å²) in [6, 6.07) is 12.1. The van der Waals surface area contributed by atoms with E-state index in [4.69, 9.17) is 4.74 Å². The first kappa shape index (κ1) is 27.4. The van der Waals surface area contributed by atoms with Gasteiger partial charge >= 0.3 is 0 Å². The van der Waals surface area contributed by atoms with Crippen LogP contribution >= 0.6 is 0 Å². The molecular weight excluding hydrogens is 533 g/mol. The molecule has 3 heterocycles. The summed E-state index contributed by atoms with van der Waals surface area (Å²) in [7, 11) is -4.03. The molecule has 1 amide bonds. The molecule has 0 fully saturated rings. The van der Waals surface area contributed by atoms with Crippen molar-refractivity contribution in [1.29, 1.82) is 0 Å². The third kappa shape index (κ3) is 5.06. The van der Waals surface area contributed by atoms with Gasteiger partial charge in [-0.3, -0.25) is 14.7 Å². The summed E-state index contributed by atoms with van der Waals surface area (Å²) in [6.07, 6.45) is 1.74. The molecule has 0 saturated carbocycles. The number of rotatable bonds is 5. The van der Waals surface area contributed by atoms with E-state index in [1.807, 2.05) is 13.8 Å². The molecule has 3 aromatic rings. The van der Waals surface area contributed by atoms with Gasteiger partial charge in [0, 0.05) is 23.5 Å². The minimum Gasteiger partial charge on any atom is -0.506 e. The SMILES string of the molecule is C=C(C)COc1ccc(C2C3=C(CC(C)(C)CS3(=O)=O)Nc3c(O)cccc3N2C(=O)c2ccccn2)c(F)c1. The van der Waals surface area contributed by atoms with Gasteiger partial charge in [-0.15, -0.1) is 0 Å². The fourth-order valence-corrected chi connectivity index (χ4v) is 7.60. The number of nitrogens with one attached hydrogen (secondary N) is 1. The molecule has 2 aliphatic rings. The van der Waals surface area contributed by atoms with Gasteiger partial charge in [-0.05, 0) is 60.7 Å². The normalized spacial score (nSPS) is 19.1. The number of fused-ring (bicyclic) bond motifs is 1. The number of aromatic hydroxyl groups is 1. The van der Waals surface area contributed by atoms with Crippen LogP contribution in [0.5, 0.6) is 11.5 Å². The second-order valence-corrected chi connectivity index (χ2v) is 12.9. The van der Waals surface area contributed by atoms with Gasteiger partial charge < -0.3 is 15.2 Å². The number of aromatic nitrogens is 1. The second-order valence-electron chi connectivity index (χ2n) is 11.0. The number of nitrogens with zero attached hydrogens (tertiary/aromatic N) is 2. The molecule has 40 heavy (non-hydrogen) atoms. The average molecular weight is 564 g/mol. The van der Waals surface area contributed by atoms with E-state index < -0.39 is 33.0 Å². The number of carbonyl (C=O) groups excluding carboxylic acids is 1. The third-order valence-electron chi connectivity index (χ3n) is 6.79. The maximum Gasteiger partial charge on any atom is 0.277 e. The van der Waals surface area contributed by atoms with Crippen LogP contribution in [0.3, 0.4) is 0 Å². The van der Waals surface area contributed by atoms with Crippen molar-refractivity contribution in [2.75, 3.05) is 22.6 Å². The summed E-state index contributed by atoms with van der Waals surface area (Å²) in [6.45, 7) is 9.40. The zero-order valence-corrected chi connectivity index (χ0v) is 23.3. The molecule has 2 aromatic carbocycles. The Morgan fingerprint density at radius 1 is 1.23 bits per heavy atom. The Labute approximate surface area is 232 Å². The molecule has 0 spiro atoms. The fourth-order valence-electron chi connectivity index (χ4n) is 5.25. The van der Waals surface area contributed by atoms with Crippen LogP contribution in [0.2, 0.25) is 0 Å². The number of pyridine rings is 1. The number of hydrogen-bond acceptors (Lipinski definition) is 7. The molecular formula is C30H30FN3O5S. The lowest BCUT2D eigenvalue weighted by Gasteiger charge is -2.37. The number of halogens is 1. The summed E-state index contributed by atoms with van der Waals surface area (Å²) >= 11 is 0. The second kappa shape index (κ2) is 10.1. The third-order valence-corrected chi connectivity index (χ3v) is 9.09. The van der Waals surface area contributed by atoms with E-state index in [1.54, 1.807) is 31.2 Å². The lowest BCUT2D eigenvalue weighted by atomic mass is 9.88. The van der Waals surface area contributed by atoms with Crippen molar-refractivity contribution in [3.8, 4) is 11.5 Å². The molecule has 2 N–H and O–H groups in total. The highest BCUT2D eigenvalue weighted by Gasteiger charge is 2.48. The highest BCUT2D eigenvalue weighted by molar-refractivity contribution is 7.95. The monoisotopic (exact) mass is 563 g/mol. The van der Waals surface area contributed by atoms with Gasteiger partial charge in [0.2, 0.25) is 0 Å². The van der Waals surface area contributed by atoms with Crippen molar-refractivity contribution in [3.05, 3.63) is 101 Å². The molecule has 1 unspecified atom stereocenters. The van der Waals surface area contributed by atoms with Crippen molar-refractivity contribution in [3.63, 3.8) is 0 Å². The van der Waals surface area contributed by atoms with Gasteiger partial charge in [0.05, 0.1) is 16.3 Å². The Hall–Kier alpha value is -4.18. The summed E-state index contributed by atoms with van der Waals surface area (Å²) in [5.74, 6) is -1.56. The van der Waals surface area contributed by atoms with E-state index >= 15 is 4.39 Å². The molecule has 2 aliphatic heterocycles. The zero-order chi connectivity index (χ0) is 28.8.